The zero-order valence-electron chi connectivity index (χ0n) is 11.7. The first-order chi connectivity index (χ1) is 10.2. The molecule has 1 aromatic heterocycles. The van der Waals surface area contributed by atoms with Crippen molar-refractivity contribution in [3.05, 3.63) is 52.9 Å². The number of ether oxygens (including phenoxy) is 1. The molecule has 2 heterocycles. The SMILES string of the molecule is COc1cccc(C2CCCN2C(=O)c2ccc(Cl)o2)c1. The minimum atomic E-state index is -0.118. The average Bonchev–Trinajstić information content (AvgIpc) is 3.15. The van der Waals surface area contributed by atoms with Crippen molar-refractivity contribution in [2.75, 3.05) is 13.7 Å². The van der Waals surface area contributed by atoms with Gasteiger partial charge in [-0.3, -0.25) is 4.79 Å². The molecule has 0 spiro atoms. The average molecular weight is 306 g/mol. The van der Waals surface area contributed by atoms with Crippen LogP contribution in [-0.4, -0.2) is 24.5 Å². The van der Waals surface area contributed by atoms with E-state index in [2.05, 4.69) is 0 Å². The monoisotopic (exact) mass is 305 g/mol. The van der Waals surface area contributed by atoms with Crippen LogP contribution in [0.4, 0.5) is 0 Å². The van der Waals surface area contributed by atoms with E-state index in [1.807, 2.05) is 29.2 Å². The Kier molecular flexibility index (Phi) is 3.88. The molecule has 1 unspecified atom stereocenters. The van der Waals surface area contributed by atoms with Crippen LogP contribution in [0.15, 0.2) is 40.8 Å². The number of halogens is 1. The van der Waals surface area contributed by atoms with Gasteiger partial charge >= 0.3 is 0 Å². The van der Waals surface area contributed by atoms with Gasteiger partial charge in [-0.25, -0.2) is 0 Å². The summed E-state index contributed by atoms with van der Waals surface area (Å²) in [7, 11) is 1.64. The van der Waals surface area contributed by atoms with E-state index in [9.17, 15) is 4.79 Å². The summed E-state index contributed by atoms with van der Waals surface area (Å²) in [6, 6.07) is 11.1. The fourth-order valence-corrected chi connectivity index (χ4v) is 2.92. The van der Waals surface area contributed by atoms with Crippen LogP contribution in [0.1, 0.15) is 35.0 Å². The fraction of sp³-hybridized carbons (Fsp3) is 0.312. The number of rotatable bonds is 3. The van der Waals surface area contributed by atoms with Gasteiger partial charge in [0, 0.05) is 6.54 Å². The van der Waals surface area contributed by atoms with Crippen molar-refractivity contribution in [3.8, 4) is 5.75 Å². The van der Waals surface area contributed by atoms with Crippen molar-refractivity contribution in [1.29, 1.82) is 0 Å². The Morgan fingerprint density at radius 1 is 1.38 bits per heavy atom. The Morgan fingerprint density at radius 2 is 2.24 bits per heavy atom. The number of amides is 1. The molecule has 0 saturated carbocycles. The van der Waals surface area contributed by atoms with Gasteiger partial charge in [-0.2, -0.15) is 0 Å². The summed E-state index contributed by atoms with van der Waals surface area (Å²) in [6.07, 6.45) is 1.91. The molecule has 0 aliphatic carbocycles. The molecule has 0 N–H and O–H groups in total. The summed E-state index contributed by atoms with van der Waals surface area (Å²) in [5, 5.41) is 0.232. The number of carbonyl (C=O) groups excluding carboxylic acids is 1. The van der Waals surface area contributed by atoms with Crippen LogP contribution in [0.3, 0.4) is 0 Å². The van der Waals surface area contributed by atoms with Crippen molar-refractivity contribution in [2.45, 2.75) is 18.9 Å². The normalized spacial score (nSPS) is 18.0. The second kappa shape index (κ2) is 5.82. The third-order valence-electron chi connectivity index (χ3n) is 3.78. The van der Waals surface area contributed by atoms with Gasteiger partial charge in [-0.1, -0.05) is 12.1 Å². The number of hydrogen-bond acceptors (Lipinski definition) is 3. The molecule has 1 aromatic carbocycles. The lowest BCUT2D eigenvalue weighted by molar-refractivity contribution is 0.0703. The molecule has 1 aliphatic rings. The van der Waals surface area contributed by atoms with E-state index in [-0.39, 0.29) is 22.9 Å². The van der Waals surface area contributed by atoms with Gasteiger partial charge in [0.05, 0.1) is 13.2 Å². The number of hydrogen-bond donors (Lipinski definition) is 0. The summed E-state index contributed by atoms with van der Waals surface area (Å²) in [6.45, 7) is 0.721. The summed E-state index contributed by atoms with van der Waals surface area (Å²) < 4.78 is 10.5. The number of carbonyl (C=O) groups is 1. The largest absolute Gasteiger partial charge is 0.497 e. The highest BCUT2D eigenvalue weighted by molar-refractivity contribution is 6.29. The second-order valence-electron chi connectivity index (χ2n) is 5.04. The predicted molar refractivity (Wildman–Crippen MR) is 79.7 cm³/mol. The zero-order valence-corrected chi connectivity index (χ0v) is 12.5. The predicted octanol–water partition coefficient (Wildman–Crippen LogP) is 3.92. The van der Waals surface area contributed by atoms with Crippen molar-refractivity contribution in [1.82, 2.24) is 4.90 Å². The van der Waals surface area contributed by atoms with E-state index in [1.165, 1.54) is 0 Å². The number of furan rings is 1. The molecule has 21 heavy (non-hydrogen) atoms. The van der Waals surface area contributed by atoms with E-state index in [0.717, 1.165) is 30.7 Å². The van der Waals surface area contributed by atoms with Crippen LogP contribution in [0.25, 0.3) is 0 Å². The van der Waals surface area contributed by atoms with Crippen LogP contribution in [0.5, 0.6) is 5.75 Å². The molecule has 1 atom stereocenters. The summed E-state index contributed by atoms with van der Waals surface area (Å²) in [5.41, 5.74) is 1.08. The Bertz CT molecular complexity index is 652. The first-order valence-corrected chi connectivity index (χ1v) is 7.27. The highest BCUT2D eigenvalue weighted by Crippen LogP contribution is 2.34. The molecular formula is C16H16ClNO3. The van der Waals surface area contributed by atoms with E-state index < -0.39 is 0 Å². The first-order valence-electron chi connectivity index (χ1n) is 6.89. The molecular weight excluding hydrogens is 290 g/mol. The molecule has 1 amide bonds. The number of nitrogens with zero attached hydrogens (tertiary/aromatic N) is 1. The van der Waals surface area contributed by atoms with E-state index in [1.54, 1.807) is 19.2 Å². The smallest absolute Gasteiger partial charge is 0.290 e. The van der Waals surface area contributed by atoms with E-state index >= 15 is 0 Å². The van der Waals surface area contributed by atoms with Crippen LogP contribution in [0.2, 0.25) is 5.22 Å². The molecule has 2 aromatic rings. The lowest BCUT2D eigenvalue weighted by atomic mass is 10.0. The molecule has 5 heteroatoms. The number of methoxy groups -OCH3 is 1. The zero-order chi connectivity index (χ0) is 14.8. The van der Waals surface area contributed by atoms with Crippen LogP contribution < -0.4 is 4.74 Å². The maximum Gasteiger partial charge on any atom is 0.290 e. The van der Waals surface area contributed by atoms with Crippen LogP contribution in [0, 0.1) is 0 Å². The van der Waals surface area contributed by atoms with Crippen molar-refractivity contribution in [3.63, 3.8) is 0 Å². The minimum absolute atomic E-state index is 0.0523. The second-order valence-corrected chi connectivity index (χ2v) is 5.41. The van der Waals surface area contributed by atoms with Crippen LogP contribution >= 0.6 is 11.6 Å². The van der Waals surface area contributed by atoms with Gasteiger partial charge in [0.15, 0.2) is 11.0 Å². The molecule has 0 bridgehead atoms. The van der Waals surface area contributed by atoms with Gasteiger partial charge in [0.1, 0.15) is 5.75 Å². The van der Waals surface area contributed by atoms with Gasteiger partial charge in [-0.15, -0.1) is 0 Å². The maximum absolute atomic E-state index is 12.5. The van der Waals surface area contributed by atoms with Gasteiger partial charge in [0.25, 0.3) is 5.91 Å². The van der Waals surface area contributed by atoms with E-state index in [4.69, 9.17) is 20.8 Å². The molecule has 3 rings (SSSR count). The number of benzene rings is 1. The molecule has 0 radical (unpaired) electrons. The Morgan fingerprint density at radius 3 is 2.95 bits per heavy atom. The van der Waals surface area contributed by atoms with E-state index in [0.29, 0.717) is 0 Å². The third kappa shape index (κ3) is 2.76. The standard InChI is InChI=1S/C16H16ClNO3/c1-20-12-5-2-4-11(10-12)13-6-3-9-18(13)16(19)14-7-8-15(17)21-14/h2,4-5,7-8,10,13H,3,6,9H2,1H3. The summed E-state index contributed by atoms with van der Waals surface area (Å²) in [4.78, 5) is 14.4. The summed E-state index contributed by atoms with van der Waals surface area (Å²) >= 11 is 5.75. The Balaban J connectivity index is 1.86. The molecule has 1 saturated heterocycles. The lowest BCUT2D eigenvalue weighted by Crippen LogP contribution is -2.30. The molecule has 1 fully saturated rings. The highest BCUT2D eigenvalue weighted by Gasteiger charge is 2.32. The lowest BCUT2D eigenvalue weighted by Gasteiger charge is -2.24. The highest BCUT2D eigenvalue weighted by atomic mass is 35.5. The molecule has 1 aliphatic heterocycles. The van der Waals surface area contributed by atoms with Crippen molar-refractivity contribution >= 4 is 17.5 Å². The maximum atomic E-state index is 12.5. The fourth-order valence-electron chi connectivity index (χ4n) is 2.78. The quantitative estimate of drug-likeness (QED) is 0.863. The summed E-state index contributed by atoms with van der Waals surface area (Å²) in [5.74, 6) is 0.967. The van der Waals surface area contributed by atoms with Gasteiger partial charge in [-0.05, 0) is 54.3 Å². The Hall–Kier alpha value is -1.94. The van der Waals surface area contributed by atoms with Crippen molar-refractivity contribution in [2.24, 2.45) is 0 Å². The van der Waals surface area contributed by atoms with Crippen LogP contribution in [-0.2, 0) is 0 Å². The topological polar surface area (TPSA) is 42.7 Å². The first kappa shape index (κ1) is 14.0. The van der Waals surface area contributed by atoms with Crippen molar-refractivity contribution < 1.29 is 13.9 Å². The molecule has 110 valence electrons. The Labute approximate surface area is 128 Å². The van der Waals surface area contributed by atoms with Gasteiger partial charge < -0.3 is 14.1 Å². The minimum Gasteiger partial charge on any atom is -0.497 e. The third-order valence-corrected chi connectivity index (χ3v) is 3.98. The van der Waals surface area contributed by atoms with Gasteiger partial charge in [0.2, 0.25) is 0 Å². The molecule has 4 nitrogen and oxygen atoms in total. The number of likely N-dealkylation sites (tertiary alicyclic amines) is 1.